The first kappa shape index (κ1) is 11.7. The summed E-state index contributed by atoms with van der Waals surface area (Å²) in [6.45, 7) is 0. The molecule has 0 radical (unpaired) electrons. The Hall–Kier alpha value is -2.33. The van der Waals surface area contributed by atoms with Crippen LogP contribution in [0, 0.1) is 0 Å². The van der Waals surface area contributed by atoms with Gasteiger partial charge >= 0.3 is 0 Å². The van der Waals surface area contributed by atoms with Crippen molar-refractivity contribution >= 4 is 17.2 Å². The van der Waals surface area contributed by atoms with Crippen molar-refractivity contribution < 1.29 is 0 Å². The first-order chi connectivity index (χ1) is 9.24. The van der Waals surface area contributed by atoms with E-state index in [1.165, 1.54) is 11.5 Å². The molecule has 0 aliphatic rings. The molecule has 4 heteroatoms. The van der Waals surface area contributed by atoms with Crippen molar-refractivity contribution in [3.8, 4) is 16.1 Å². The minimum absolute atomic E-state index is 0.0198. The fourth-order valence-electron chi connectivity index (χ4n) is 1.87. The van der Waals surface area contributed by atoms with Crippen LogP contribution in [0.1, 0.15) is 0 Å². The summed E-state index contributed by atoms with van der Waals surface area (Å²) < 4.78 is 1.67. The van der Waals surface area contributed by atoms with Gasteiger partial charge in [-0.15, -0.1) is 0 Å². The van der Waals surface area contributed by atoms with E-state index < -0.39 is 0 Å². The predicted molar refractivity (Wildman–Crippen MR) is 79.8 cm³/mol. The highest BCUT2D eigenvalue weighted by Gasteiger charge is 2.07. The smallest absolute Gasteiger partial charge is 0.265 e. The number of hydrogen-bond donors (Lipinski definition) is 1. The van der Waals surface area contributed by atoms with Gasteiger partial charge in [-0.25, -0.2) is 3.96 Å². The summed E-state index contributed by atoms with van der Waals surface area (Å²) in [5, 5.41) is 0. The molecule has 0 saturated carbocycles. The molecule has 0 saturated heterocycles. The maximum Gasteiger partial charge on any atom is 0.265 e. The summed E-state index contributed by atoms with van der Waals surface area (Å²) in [7, 11) is 0. The molecular weight excluding hydrogens is 256 g/mol. The fourth-order valence-corrected chi connectivity index (χ4v) is 2.83. The molecule has 94 valence electrons. The van der Waals surface area contributed by atoms with E-state index >= 15 is 0 Å². The van der Waals surface area contributed by atoms with Crippen LogP contribution in [0.25, 0.3) is 16.1 Å². The molecule has 2 N–H and O–H groups in total. The summed E-state index contributed by atoms with van der Waals surface area (Å²) in [6, 6.07) is 18.8. The monoisotopic (exact) mass is 268 g/mol. The van der Waals surface area contributed by atoms with Gasteiger partial charge in [0.25, 0.3) is 5.56 Å². The van der Waals surface area contributed by atoms with Crippen LogP contribution in [0.2, 0.25) is 0 Å². The molecule has 0 fully saturated rings. The number of aromatic nitrogens is 1. The molecule has 0 aliphatic carbocycles. The van der Waals surface area contributed by atoms with Gasteiger partial charge in [0.1, 0.15) is 0 Å². The largest absolute Gasteiger partial charge is 0.399 e. The van der Waals surface area contributed by atoms with Gasteiger partial charge in [-0.05, 0) is 29.8 Å². The SMILES string of the molecule is Nc1ccc(-n2sc(-c3ccccc3)cc2=O)cc1. The molecule has 0 amide bonds. The van der Waals surface area contributed by atoms with Gasteiger partial charge in [-0.1, -0.05) is 41.9 Å². The van der Waals surface area contributed by atoms with Gasteiger partial charge < -0.3 is 5.73 Å². The van der Waals surface area contributed by atoms with Gasteiger partial charge in [-0.2, -0.15) is 0 Å². The van der Waals surface area contributed by atoms with Crippen LogP contribution in [-0.2, 0) is 0 Å². The fraction of sp³-hybridized carbons (Fsp3) is 0. The summed E-state index contributed by atoms with van der Waals surface area (Å²) in [5.74, 6) is 0. The quantitative estimate of drug-likeness (QED) is 0.726. The maximum absolute atomic E-state index is 12.0. The van der Waals surface area contributed by atoms with Gasteiger partial charge in [0.05, 0.1) is 10.6 Å². The molecule has 19 heavy (non-hydrogen) atoms. The number of nitrogens with two attached hydrogens (primary N) is 1. The van der Waals surface area contributed by atoms with E-state index in [1.807, 2.05) is 42.5 Å². The highest BCUT2D eigenvalue weighted by atomic mass is 32.1. The summed E-state index contributed by atoms with van der Waals surface area (Å²) in [5.41, 5.74) is 8.22. The van der Waals surface area contributed by atoms with Crippen LogP contribution in [0.5, 0.6) is 0 Å². The number of benzene rings is 2. The van der Waals surface area contributed by atoms with E-state index in [9.17, 15) is 4.79 Å². The lowest BCUT2D eigenvalue weighted by molar-refractivity contribution is 1.13. The summed E-state index contributed by atoms with van der Waals surface area (Å²) in [4.78, 5) is 13.0. The Morgan fingerprint density at radius 1 is 0.947 bits per heavy atom. The molecular formula is C15H12N2OS. The van der Waals surface area contributed by atoms with Crippen molar-refractivity contribution in [3.05, 3.63) is 71.0 Å². The van der Waals surface area contributed by atoms with E-state index in [1.54, 1.807) is 22.2 Å². The molecule has 1 aromatic heterocycles. The van der Waals surface area contributed by atoms with Crippen LogP contribution >= 0.6 is 11.5 Å². The van der Waals surface area contributed by atoms with Crippen LogP contribution in [0.3, 0.4) is 0 Å². The molecule has 0 bridgehead atoms. The van der Waals surface area contributed by atoms with Gasteiger partial charge in [0, 0.05) is 11.8 Å². The van der Waals surface area contributed by atoms with Gasteiger partial charge in [-0.3, -0.25) is 4.79 Å². The Morgan fingerprint density at radius 3 is 2.32 bits per heavy atom. The standard InChI is InChI=1S/C15H12N2OS/c16-12-6-8-13(9-7-12)17-15(18)10-14(19-17)11-4-2-1-3-5-11/h1-10H,16H2. The average Bonchev–Trinajstić information content (AvgIpc) is 2.83. The van der Waals surface area contributed by atoms with Crippen molar-refractivity contribution in [3.63, 3.8) is 0 Å². The van der Waals surface area contributed by atoms with Crippen LogP contribution < -0.4 is 11.3 Å². The molecule has 0 spiro atoms. The molecule has 0 atom stereocenters. The number of rotatable bonds is 2. The summed E-state index contributed by atoms with van der Waals surface area (Å²) >= 11 is 1.43. The zero-order valence-electron chi connectivity index (χ0n) is 10.1. The molecule has 3 rings (SSSR count). The Bertz CT molecular complexity index is 742. The van der Waals surface area contributed by atoms with Crippen molar-refractivity contribution in [2.45, 2.75) is 0 Å². The Kier molecular flexibility index (Phi) is 2.93. The molecule has 1 heterocycles. The van der Waals surface area contributed by atoms with Crippen molar-refractivity contribution in [1.82, 2.24) is 3.96 Å². The van der Waals surface area contributed by atoms with E-state index in [4.69, 9.17) is 5.73 Å². The lowest BCUT2D eigenvalue weighted by atomic mass is 10.2. The first-order valence-electron chi connectivity index (χ1n) is 5.89. The maximum atomic E-state index is 12.0. The number of hydrogen-bond acceptors (Lipinski definition) is 3. The molecule has 0 unspecified atom stereocenters. The Balaban J connectivity index is 2.08. The van der Waals surface area contributed by atoms with Crippen molar-refractivity contribution in [2.75, 3.05) is 5.73 Å². The zero-order chi connectivity index (χ0) is 13.2. The van der Waals surface area contributed by atoms with E-state index in [2.05, 4.69) is 0 Å². The van der Waals surface area contributed by atoms with E-state index in [0.717, 1.165) is 16.1 Å². The van der Waals surface area contributed by atoms with Gasteiger partial charge in [0.15, 0.2) is 0 Å². The minimum Gasteiger partial charge on any atom is -0.399 e. The van der Waals surface area contributed by atoms with Crippen LogP contribution in [0.4, 0.5) is 5.69 Å². The third-order valence-corrected chi connectivity index (χ3v) is 3.95. The lowest BCUT2D eigenvalue weighted by Gasteiger charge is -2.00. The van der Waals surface area contributed by atoms with Crippen molar-refractivity contribution in [2.24, 2.45) is 0 Å². The minimum atomic E-state index is -0.0198. The topological polar surface area (TPSA) is 48.0 Å². The average molecular weight is 268 g/mol. The third-order valence-electron chi connectivity index (χ3n) is 2.83. The van der Waals surface area contributed by atoms with E-state index in [0.29, 0.717) is 5.69 Å². The summed E-state index contributed by atoms with van der Waals surface area (Å²) in [6.07, 6.45) is 0. The Morgan fingerprint density at radius 2 is 1.63 bits per heavy atom. The number of nitrogen functional groups attached to an aromatic ring is 1. The predicted octanol–water partition coefficient (Wildman–Crippen LogP) is 3.15. The second kappa shape index (κ2) is 4.74. The van der Waals surface area contributed by atoms with Crippen LogP contribution in [0.15, 0.2) is 65.5 Å². The molecule has 0 aliphatic heterocycles. The second-order valence-electron chi connectivity index (χ2n) is 4.19. The Labute approximate surface area is 114 Å². The molecule has 3 aromatic rings. The zero-order valence-corrected chi connectivity index (χ0v) is 10.9. The third kappa shape index (κ3) is 2.30. The van der Waals surface area contributed by atoms with Gasteiger partial charge in [0.2, 0.25) is 0 Å². The highest BCUT2D eigenvalue weighted by Crippen LogP contribution is 2.24. The van der Waals surface area contributed by atoms with Crippen molar-refractivity contribution in [1.29, 1.82) is 0 Å². The molecule has 3 nitrogen and oxygen atoms in total. The lowest BCUT2D eigenvalue weighted by Crippen LogP contribution is -2.09. The second-order valence-corrected chi connectivity index (χ2v) is 5.18. The first-order valence-corrected chi connectivity index (χ1v) is 6.66. The molecule has 2 aromatic carbocycles. The van der Waals surface area contributed by atoms with E-state index in [-0.39, 0.29) is 5.56 Å². The highest BCUT2D eigenvalue weighted by molar-refractivity contribution is 7.10. The normalized spacial score (nSPS) is 10.5. The number of nitrogens with zero attached hydrogens (tertiary/aromatic N) is 1. The van der Waals surface area contributed by atoms with Crippen LogP contribution in [-0.4, -0.2) is 3.96 Å². The number of anilines is 1.